The molecule has 1 aliphatic rings. The van der Waals surface area contributed by atoms with E-state index in [2.05, 4.69) is 30.6 Å². The highest BCUT2D eigenvalue weighted by atomic mass is 16.5. The van der Waals surface area contributed by atoms with E-state index in [1.54, 1.807) is 7.11 Å². The van der Waals surface area contributed by atoms with Crippen LogP contribution in [0.4, 0.5) is 0 Å². The molecule has 0 amide bonds. The molecule has 0 heterocycles. The molecule has 0 aromatic heterocycles. The lowest BCUT2D eigenvalue weighted by Crippen LogP contribution is -2.47. The number of nitrogens with zero attached hydrogens (tertiary/aromatic N) is 1. The van der Waals surface area contributed by atoms with E-state index in [4.69, 9.17) is 4.74 Å². The Kier molecular flexibility index (Phi) is 6.78. The Bertz CT molecular complexity index is 216. The molecule has 2 unspecified atom stereocenters. The maximum Gasteiger partial charge on any atom is 0.0589 e. The van der Waals surface area contributed by atoms with Crippen LogP contribution in [0.1, 0.15) is 26.7 Å². The number of hydrogen-bond donors (Lipinski definition) is 1. The molecule has 0 aromatic rings. The molecule has 0 radical (unpaired) electrons. The quantitative estimate of drug-likeness (QED) is 0.466. The summed E-state index contributed by atoms with van der Waals surface area (Å²) in [5, 5.41) is 3.41. The summed E-state index contributed by atoms with van der Waals surface area (Å²) in [6, 6.07) is 1.24. The molecule has 100 valence electrons. The standard InChI is InChI=1S/C14H28N2O/c1-5-8-15-11-12(2)16(9-10-17-4)13(3)14-6-7-14/h5,12-15H,1,6-11H2,2-4H3. The molecule has 0 bridgehead atoms. The lowest BCUT2D eigenvalue weighted by molar-refractivity contribution is 0.0872. The van der Waals surface area contributed by atoms with Crippen molar-refractivity contribution in [3.05, 3.63) is 12.7 Å². The second-order valence-electron chi connectivity index (χ2n) is 5.10. The lowest BCUT2D eigenvalue weighted by atomic mass is 10.1. The van der Waals surface area contributed by atoms with Crippen LogP contribution in [-0.4, -0.2) is 50.3 Å². The van der Waals surface area contributed by atoms with Crippen LogP contribution in [0.3, 0.4) is 0 Å². The van der Waals surface area contributed by atoms with Gasteiger partial charge in [0.1, 0.15) is 0 Å². The number of ether oxygens (including phenoxy) is 1. The zero-order valence-electron chi connectivity index (χ0n) is 11.6. The number of nitrogens with one attached hydrogen (secondary N) is 1. The van der Waals surface area contributed by atoms with Gasteiger partial charge in [0.2, 0.25) is 0 Å². The summed E-state index contributed by atoms with van der Waals surface area (Å²) in [7, 11) is 1.78. The normalized spacial score (nSPS) is 19.3. The lowest BCUT2D eigenvalue weighted by Gasteiger charge is -2.34. The average Bonchev–Trinajstić information content (AvgIpc) is 3.13. The summed E-state index contributed by atoms with van der Waals surface area (Å²) < 4.78 is 5.22. The minimum absolute atomic E-state index is 0.556. The summed E-state index contributed by atoms with van der Waals surface area (Å²) in [5.74, 6) is 0.911. The average molecular weight is 240 g/mol. The first-order valence-corrected chi connectivity index (χ1v) is 6.77. The van der Waals surface area contributed by atoms with E-state index in [-0.39, 0.29) is 0 Å². The van der Waals surface area contributed by atoms with E-state index < -0.39 is 0 Å². The monoisotopic (exact) mass is 240 g/mol. The molecule has 1 aliphatic carbocycles. The first-order valence-electron chi connectivity index (χ1n) is 6.77. The van der Waals surface area contributed by atoms with Gasteiger partial charge in [-0.3, -0.25) is 4.90 Å². The van der Waals surface area contributed by atoms with E-state index in [1.807, 2.05) is 6.08 Å². The third-order valence-corrected chi connectivity index (χ3v) is 3.68. The molecule has 1 N–H and O–H groups in total. The van der Waals surface area contributed by atoms with Gasteiger partial charge >= 0.3 is 0 Å². The topological polar surface area (TPSA) is 24.5 Å². The Hall–Kier alpha value is -0.380. The van der Waals surface area contributed by atoms with E-state index >= 15 is 0 Å². The van der Waals surface area contributed by atoms with Crippen LogP contribution >= 0.6 is 0 Å². The molecule has 1 fully saturated rings. The molecular weight excluding hydrogens is 212 g/mol. The van der Waals surface area contributed by atoms with Gasteiger partial charge in [-0.1, -0.05) is 6.08 Å². The van der Waals surface area contributed by atoms with Crippen molar-refractivity contribution in [2.75, 3.05) is 33.4 Å². The molecule has 0 spiro atoms. The van der Waals surface area contributed by atoms with Gasteiger partial charge in [-0.25, -0.2) is 0 Å². The fourth-order valence-corrected chi connectivity index (χ4v) is 2.38. The Balaban J connectivity index is 2.38. The molecule has 17 heavy (non-hydrogen) atoms. The van der Waals surface area contributed by atoms with Crippen LogP contribution < -0.4 is 5.32 Å². The minimum Gasteiger partial charge on any atom is -0.383 e. The van der Waals surface area contributed by atoms with Crippen LogP contribution in [0.15, 0.2) is 12.7 Å². The summed E-state index contributed by atoms with van der Waals surface area (Å²) in [5.41, 5.74) is 0. The fraction of sp³-hybridized carbons (Fsp3) is 0.857. The largest absolute Gasteiger partial charge is 0.383 e. The molecule has 3 heteroatoms. The van der Waals surface area contributed by atoms with E-state index in [0.717, 1.165) is 32.2 Å². The summed E-state index contributed by atoms with van der Waals surface area (Å²) >= 11 is 0. The summed E-state index contributed by atoms with van der Waals surface area (Å²) in [4.78, 5) is 2.58. The predicted octanol–water partition coefficient (Wildman–Crippen LogP) is 1.90. The zero-order chi connectivity index (χ0) is 12.7. The van der Waals surface area contributed by atoms with E-state index in [0.29, 0.717) is 12.1 Å². The van der Waals surface area contributed by atoms with E-state index in [1.165, 1.54) is 12.8 Å². The van der Waals surface area contributed by atoms with Gasteiger partial charge in [-0.05, 0) is 32.6 Å². The Morgan fingerprint density at radius 3 is 2.71 bits per heavy atom. The predicted molar refractivity (Wildman–Crippen MR) is 73.3 cm³/mol. The molecular formula is C14H28N2O. The van der Waals surface area contributed by atoms with Crippen molar-refractivity contribution >= 4 is 0 Å². The van der Waals surface area contributed by atoms with Crippen molar-refractivity contribution in [3.63, 3.8) is 0 Å². The van der Waals surface area contributed by atoms with Crippen molar-refractivity contribution in [2.24, 2.45) is 5.92 Å². The summed E-state index contributed by atoms with van der Waals surface area (Å²) in [6.45, 7) is 12.1. The Morgan fingerprint density at radius 2 is 2.18 bits per heavy atom. The van der Waals surface area contributed by atoms with Crippen molar-refractivity contribution in [1.29, 1.82) is 0 Å². The van der Waals surface area contributed by atoms with Crippen LogP contribution in [0.25, 0.3) is 0 Å². The number of methoxy groups -OCH3 is 1. The third kappa shape index (κ3) is 5.19. The van der Waals surface area contributed by atoms with Gasteiger partial charge in [0.15, 0.2) is 0 Å². The van der Waals surface area contributed by atoms with Crippen LogP contribution in [0, 0.1) is 5.92 Å². The van der Waals surface area contributed by atoms with Crippen molar-refractivity contribution < 1.29 is 4.74 Å². The van der Waals surface area contributed by atoms with E-state index in [9.17, 15) is 0 Å². The molecule has 3 nitrogen and oxygen atoms in total. The Morgan fingerprint density at radius 1 is 1.47 bits per heavy atom. The van der Waals surface area contributed by atoms with Gasteiger partial charge in [0.25, 0.3) is 0 Å². The van der Waals surface area contributed by atoms with Gasteiger partial charge in [-0.15, -0.1) is 6.58 Å². The first-order chi connectivity index (χ1) is 8.20. The van der Waals surface area contributed by atoms with Gasteiger partial charge in [0, 0.05) is 38.8 Å². The second-order valence-corrected chi connectivity index (χ2v) is 5.10. The minimum atomic E-state index is 0.556. The van der Waals surface area contributed by atoms with Crippen molar-refractivity contribution in [1.82, 2.24) is 10.2 Å². The van der Waals surface area contributed by atoms with Crippen LogP contribution in [0.2, 0.25) is 0 Å². The highest BCUT2D eigenvalue weighted by Crippen LogP contribution is 2.35. The molecule has 1 rings (SSSR count). The SMILES string of the molecule is C=CCNCC(C)N(CCOC)C(C)C1CC1. The maximum absolute atomic E-state index is 5.22. The van der Waals surface area contributed by atoms with Crippen molar-refractivity contribution in [2.45, 2.75) is 38.8 Å². The van der Waals surface area contributed by atoms with Gasteiger partial charge < -0.3 is 10.1 Å². The highest BCUT2D eigenvalue weighted by molar-refractivity contribution is 4.88. The zero-order valence-corrected chi connectivity index (χ0v) is 11.6. The van der Waals surface area contributed by atoms with Crippen molar-refractivity contribution in [3.8, 4) is 0 Å². The second kappa shape index (κ2) is 7.85. The Labute approximate surface area is 106 Å². The number of rotatable bonds is 10. The summed E-state index contributed by atoms with van der Waals surface area (Å²) in [6.07, 6.45) is 4.71. The molecule has 1 saturated carbocycles. The first kappa shape index (κ1) is 14.7. The van der Waals surface area contributed by atoms with Crippen LogP contribution in [0.5, 0.6) is 0 Å². The highest BCUT2D eigenvalue weighted by Gasteiger charge is 2.33. The maximum atomic E-state index is 5.22. The van der Waals surface area contributed by atoms with Gasteiger partial charge in [-0.2, -0.15) is 0 Å². The third-order valence-electron chi connectivity index (χ3n) is 3.68. The number of hydrogen-bond acceptors (Lipinski definition) is 3. The van der Waals surface area contributed by atoms with Crippen LogP contribution in [-0.2, 0) is 4.74 Å². The molecule has 0 saturated heterocycles. The molecule has 0 aromatic carbocycles. The van der Waals surface area contributed by atoms with Gasteiger partial charge in [0.05, 0.1) is 6.61 Å². The molecule has 0 aliphatic heterocycles. The molecule has 2 atom stereocenters. The fourth-order valence-electron chi connectivity index (χ4n) is 2.38. The smallest absolute Gasteiger partial charge is 0.0589 e.